The van der Waals surface area contributed by atoms with E-state index in [9.17, 15) is 4.79 Å². The number of hydrogen-bond acceptors (Lipinski definition) is 3. The summed E-state index contributed by atoms with van der Waals surface area (Å²) in [6.07, 6.45) is 2.28. The van der Waals surface area contributed by atoms with Crippen LogP contribution in [0.25, 0.3) is 0 Å². The number of nitrogens with two attached hydrogens (primary N) is 1. The molecule has 1 aliphatic heterocycles. The van der Waals surface area contributed by atoms with Gasteiger partial charge in [0.1, 0.15) is 0 Å². The highest BCUT2D eigenvalue weighted by molar-refractivity contribution is 6.31. The normalized spacial score (nSPS) is 17.1. The number of nitrogens with one attached hydrogen (secondary N) is 1. The lowest BCUT2D eigenvalue weighted by molar-refractivity contribution is 0.0937. The molecule has 1 aromatic carbocycles. The SMILES string of the molecule is CCN1CCC(CNC(=O)c2cc(Cl)ccc2N)CC1. The van der Waals surface area contributed by atoms with Crippen molar-refractivity contribution in [3.8, 4) is 0 Å². The van der Waals surface area contributed by atoms with Gasteiger partial charge < -0.3 is 16.0 Å². The number of nitrogens with zero attached hydrogens (tertiary/aromatic N) is 1. The van der Waals surface area contributed by atoms with Crippen LogP contribution in [0.4, 0.5) is 5.69 Å². The molecule has 0 atom stereocenters. The minimum absolute atomic E-state index is 0.136. The first-order valence-corrected chi connectivity index (χ1v) is 7.53. The van der Waals surface area contributed by atoms with Crippen molar-refractivity contribution in [2.45, 2.75) is 19.8 Å². The second kappa shape index (κ2) is 6.95. The summed E-state index contributed by atoms with van der Waals surface area (Å²) in [5, 5.41) is 3.50. The molecule has 0 unspecified atom stereocenters. The van der Waals surface area contributed by atoms with Crippen LogP contribution in [0.5, 0.6) is 0 Å². The zero-order valence-electron chi connectivity index (χ0n) is 11.9. The van der Waals surface area contributed by atoms with E-state index in [-0.39, 0.29) is 5.91 Å². The Bertz CT molecular complexity index is 470. The van der Waals surface area contributed by atoms with Crippen LogP contribution in [-0.4, -0.2) is 37.0 Å². The van der Waals surface area contributed by atoms with Gasteiger partial charge in [-0.3, -0.25) is 4.79 Å². The molecule has 1 aromatic rings. The smallest absolute Gasteiger partial charge is 0.253 e. The van der Waals surface area contributed by atoms with E-state index in [0.717, 1.165) is 32.5 Å². The van der Waals surface area contributed by atoms with Gasteiger partial charge in [-0.05, 0) is 56.6 Å². The van der Waals surface area contributed by atoms with Crippen molar-refractivity contribution in [3.05, 3.63) is 28.8 Å². The molecule has 0 aromatic heterocycles. The summed E-state index contributed by atoms with van der Waals surface area (Å²) in [4.78, 5) is 14.6. The molecule has 110 valence electrons. The summed E-state index contributed by atoms with van der Waals surface area (Å²) in [5.74, 6) is 0.421. The third-order valence-corrected chi connectivity index (χ3v) is 4.20. The zero-order valence-corrected chi connectivity index (χ0v) is 12.6. The second-order valence-corrected chi connectivity index (χ2v) is 5.76. The van der Waals surface area contributed by atoms with Crippen molar-refractivity contribution < 1.29 is 4.79 Å². The van der Waals surface area contributed by atoms with Gasteiger partial charge in [0.2, 0.25) is 0 Å². The molecule has 1 heterocycles. The molecule has 1 saturated heterocycles. The highest BCUT2D eigenvalue weighted by Crippen LogP contribution is 2.19. The topological polar surface area (TPSA) is 58.4 Å². The van der Waals surface area contributed by atoms with E-state index in [4.69, 9.17) is 17.3 Å². The first-order chi connectivity index (χ1) is 9.60. The van der Waals surface area contributed by atoms with Gasteiger partial charge in [0.15, 0.2) is 0 Å². The van der Waals surface area contributed by atoms with Gasteiger partial charge in [0, 0.05) is 17.3 Å². The van der Waals surface area contributed by atoms with Crippen molar-refractivity contribution in [2.24, 2.45) is 5.92 Å². The minimum atomic E-state index is -0.136. The Morgan fingerprint density at radius 2 is 2.15 bits per heavy atom. The summed E-state index contributed by atoms with van der Waals surface area (Å²) in [6.45, 7) is 6.25. The predicted molar refractivity (Wildman–Crippen MR) is 83.0 cm³/mol. The number of carbonyl (C=O) groups is 1. The Labute approximate surface area is 125 Å². The molecule has 5 heteroatoms. The maximum absolute atomic E-state index is 12.1. The highest BCUT2D eigenvalue weighted by Gasteiger charge is 2.19. The zero-order chi connectivity index (χ0) is 14.5. The predicted octanol–water partition coefficient (Wildman–Crippen LogP) is 2.38. The fourth-order valence-electron chi connectivity index (χ4n) is 2.56. The van der Waals surface area contributed by atoms with Gasteiger partial charge in [0.05, 0.1) is 5.56 Å². The van der Waals surface area contributed by atoms with E-state index >= 15 is 0 Å². The number of hydrogen-bond donors (Lipinski definition) is 2. The molecule has 3 N–H and O–H groups in total. The largest absolute Gasteiger partial charge is 0.398 e. The van der Waals surface area contributed by atoms with E-state index in [1.54, 1.807) is 18.2 Å². The Kier molecular flexibility index (Phi) is 5.26. The number of benzene rings is 1. The average molecular weight is 296 g/mol. The fourth-order valence-corrected chi connectivity index (χ4v) is 2.74. The van der Waals surface area contributed by atoms with Crippen LogP contribution < -0.4 is 11.1 Å². The van der Waals surface area contributed by atoms with Crippen LogP contribution >= 0.6 is 11.6 Å². The Hall–Kier alpha value is -1.26. The summed E-state index contributed by atoms with van der Waals surface area (Å²) < 4.78 is 0. The standard InChI is InChI=1S/C15H22ClN3O/c1-2-19-7-5-11(6-8-19)10-18-15(20)13-9-12(16)3-4-14(13)17/h3-4,9,11H,2,5-8,10,17H2,1H3,(H,18,20). The van der Waals surface area contributed by atoms with Crippen LogP contribution in [0.2, 0.25) is 5.02 Å². The van der Waals surface area contributed by atoms with Crippen molar-refractivity contribution in [3.63, 3.8) is 0 Å². The summed E-state index contributed by atoms with van der Waals surface area (Å²) in [5.41, 5.74) is 6.74. The van der Waals surface area contributed by atoms with E-state index in [0.29, 0.717) is 28.7 Å². The molecule has 1 fully saturated rings. The number of carbonyl (C=O) groups excluding carboxylic acids is 1. The molecular formula is C15H22ClN3O. The molecule has 4 nitrogen and oxygen atoms in total. The van der Waals surface area contributed by atoms with Crippen molar-refractivity contribution in [2.75, 3.05) is 31.9 Å². The van der Waals surface area contributed by atoms with Gasteiger partial charge in [-0.15, -0.1) is 0 Å². The summed E-state index contributed by atoms with van der Waals surface area (Å²) in [7, 11) is 0. The van der Waals surface area contributed by atoms with E-state index < -0.39 is 0 Å². The average Bonchev–Trinajstić information content (AvgIpc) is 2.47. The molecule has 0 bridgehead atoms. The number of likely N-dealkylation sites (tertiary alicyclic amines) is 1. The third-order valence-electron chi connectivity index (χ3n) is 3.97. The Balaban J connectivity index is 1.85. The number of halogens is 1. The molecule has 0 saturated carbocycles. The molecule has 2 rings (SSSR count). The molecule has 1 aliphatic rings. The number of nitrogen functional groups attached to an aromatic ring is 1. The first-order valence-electron chi connectivity index (χ1n) is 7.15. The molecular weight excluding hydrogens is 274 g/mol. The summed E-state index contributed by atoms with van der Waals surface area (Å²) >= 11 is 5.90. The summed E-state index contributed by atoms with van der Waals surface area (Å²) in [6, 6.07) is 4.97. The molecule has 0 aliphatic carbocycles. The van der Waals surface area contributed by atoms with Gasteiger partial charge in [0.25, 0.3) is 5.91 Å². The van der Waals surface area contributed by atoms with Gasteiger partial charge in [-0.2, -0.15) is 0 Å². The van der Waals surface area contributed by atoms with Crippen LogP contribution in [0, 0.1) is 5.92 Å². The first kappa shape index (κ1) is 15.1. The number of anilines is 1. The molecule has 0 radical (unpaired) electrons. The van der Waals surface area contributed by atoms with Gasteiger partial charge >= 0.3 is 0 Å². The lowest BCUT2D eigenvalue weighted by Crippen LogP contribution is -2.38. The van der Waals surface area contributed by atoms with Crippen molar-refractivity contribution in [1.82, 2.24) is 10.2 Å². The fraction of sp³-hybridized carbons (Fsp3) is 0.533. The second-order valence-electron chi connectivity index (χ2n) is 5.32. The molecule has 20 heavy (non-hydrogen) atoms. The van der Waals surface area contributed by atoms with Gasteiger partial charge in [-0.1, -0.05) is 18.5 Å². The third kappa shape index (κ3) is 3.87. The maximum atomic E-state index is 12.1. The van der Waals surface area contributed by atoms with Crippen LogP contribution in [0.1, 0.15) is 30.1 Å². The van der Waals surface area contributed by atoms with Gasteiger partial charge in [-0.25, -0.2) is 0 Å². The van der Waals surface area contributed by atoms with Crippen molar-refractivity contribution >= 4 is 23.2 Å². The number of piperidine rings is 1. The lowest BCUT2D eigenvalue weighted by atomic mass is 9.96. The monoisotopic (exact) mass is 295 g/mol. The Morgan fingerprint density at radius 3 is 2.80 bits per heavy atom. The minimum Gasteiger partial charge on any atom is -0.398 e. The number of amides is 1. The maximum Gasteiger partial charge on any atom is 0.253 e. The van der Waals surface area contributed by atoms with Crippen LogP contribution in [0.3, 0.4) is 0 Å². The lowest BCUT2D eigenvalue weighted by Gasteiger charge is -2.31. The van der Waals surface area contributed by atoms with Crippen LogP contribution in [0.15, 0.2) is 18.2 Å². The van der Waals surface area contributed by atoms with E-state index in [2.05, 4.69) is 17.1 Å². The molecule has 0 spiro atoms. The molecule has 1 amide bonds. The number of rotatable bonds is 4. The van der Waals surface area contributed by atoms with Crippen molar-refractivity contribution in [1.29, 1.82) is 0 Å². The van der Waals surface area contributed by atoms with Crippen LogP contribution in [-0.2, 0) is 0 Å². The quantitative estimate of drug-likeness (QED) is 0.839. The van der Waals surface area contributed by atoms with E-state index in [1.165, 1.54) is 0 Å². The van der Waals surface area contributed by atoms with E-state index in [1.807, 2.05) is 0 Å². The Morgan fingerprint density at radius 1 is 1.45 bits per heavy atom. The highest BCUT2D eigenvalue weighted by atomic mass is 35.5.